The standard InChI is InChI=1S/2C22H17F4N5O.C2H6O2S.CH4O3S/c2*1-14-2-4-15(5-3-14)16-6-9-20(27-11-16)22(25,26)21(32,12-31-13-28-29-30-31)18-8-7-17(23)10-19(18)24;2*1-5(2,3)4/h2*2-11,13,32H,12H2,1H3;1-2H3;1H3,(H,2,3,4)/t2*21-;;/m10../s1. The van der Waals surface area contributed by atoms with Crippen LogP contribution in [0.2, 0.25) is 0 Å². The molecule has 0 aliphatic carbocycles. The summed E-state index contributed by atoms with van der Waals surface area (Å²) in [4.78, 5) is 7.70. The van der Waals surface area contributed by atoms with Crippen LogP contribution in [-0.4, -0.2) is 101 Å². The van der Waals surface area contributed by atoms with Crippen LogP contribution < -0.4 is 0 Å². The number of aromatic nitrogens is 10. The van der Waals surface area contributed by atoms with Gasteiger partial charge < -0.3 is 10.2 Å². The van der Waals surface area contributed by atoms with Crippen LogP contribution in [-0.2, 0) is 56.1 Å². The molecule has 8 rings (SSSR count). The molecular formula is C47H44F8N10O7S2. The molecule has 0 unspecified atom stereocenters. The maximum Gasteiger partial charge on any atom is 0.323 e. The highest BCUT2D eigenvalue weighted by Gasteiger charge is 2.59. The summed E-state index contributed by atoms with van der Waals surface area (Å²) in [5.41, 5.74) is -4.77. The van der Waals surface area contributed by atoms with E-state index in [2.05, 4.69) is 41.0 Å². The molecule has 0 saturated carbocycles. The Morgan fingerprint density at radius 3 is 1.08 bits per heavy atom. The first kappa shape index (κ1) is 57.4. The molecule has 4 aromatic heterocycles. The van der Waals surface area contributed by atoms with E-state index >= 15 is 17.6 Å². The number of sulfone groups is 1. The Bertz CT molecular complexity index is 3110. The van der Waals surface area contributed by atoms with Crippen LogP contribution in [0.1, 0.15) is 33.6 Å². The average molecular weight is 1080 g/mol. The van der Waals surface area contributed by atoms with Crippen molar-refractivity contribution >= 4 is 20.0 Å². The van der Waals surface area contributed by atoms with Gasteiger partial charge in [-0.3, -0.25) is 14.5 Å². The van der Waals surface area contributed by atoms with Gasteiger partial charge in [-0.2, -0.15) is 26.0 Å². The zero-order chi connectivity index (χ0) is 54.9. The van der Waals surface area contributed by atoms with Gasteiger partial charge in [-0.25, -0.2) is 35.3 Å². The van der Waals surface area contributed by atoms with Crippen LogP contribution in [0, 0.1) is 37.1 Å². The number of hydrogen-bond acceptors (Lipinski definition) is 14. The fourth-order valence-corrected chi connectivity index (χ4v) is 6.75. The number of aliphatic hydroxyl groups is 2. The summed E-state index contributed by atoms with van der Waals surface area (Å²) < 4.78 is 165. The normalized spacial score (nSPS) is 13.4. The maximum atomic E-state index is 15.7. The molecule has 17 nitrogen and oxygen atoms in total. The SMILES string of the molecule is CS(=O)(=O)O.CS(C)(=O)=O.Cc1ccc(-c2ccc(C(F)(F)[C@@](O)(Cn3cnnn3)c3ccc(F)cc3F)nc2)cc1.Cc1ccc(-c2ccc(C(F)(F)[C@](O)(Cn3cnnn3)c3ccc(F)cc3F)nc2)cc1. The average Bonchev–Trinajstić information content (AvgIpc) is 4.03. The van der Waals surface area contributed by atoms with Crippen molar-refractivity contribution in [3.63, 3.8) is 0 Å². The number of tetrazole rings is 2. The van der Waals surface area contributed by atoms with E-state index in [9.17, 15) is 44.6 Å². The zero-order valence-electron chi connectivity index (χ0n) is 39.4. The minimum absolute atomic E-state index is 0.421. The Morgan fingerprint density at radius 1 is 0.514 bits per heavy atom. The fraction of sp³-hybridized carbons (Fsp3) is 0.234. The van der Waals surface area contributed by atoms with Gasteiger partial charge in [0.1, 0.15) is 57.1 Å². The zero-order valence-corrected chi connectivity index (χ0v) is 41.0. The Kier molecular flexibility index (Phi) is 18.0. The smallest absolute Gasteiger partial charge is 0.323 e. The molecule has 0 aliphatic rings. The maximum absolute atomic E-state index is 15.7. The number of pyridine rings is 2. The van der Waals surface area contributed by atoms with E-state index in [4.69, 9.17) is 4.55 Å². The van der Waals surface area contributed by atoms with Crippen LogP contribution in [0.3, 0.4) is 0 Å². The fourth-order valence-electron chi connectivity index (χ4n) is 6.75. The van der Waals surface area contributed by atoms with E-state index in [0.29, 0.717) is 29.5 Å². The predicted molar refractivity (Wildman–Crippen MR) is 251 cm³/mol. The lowest BCUT2D eigenvalue weighted by Crippen LogP contribution is -2.48. The van der Waals surface area contributed by atoms with Crippen LogP contribution in [0.4, 0.5) is 35.1 Å². The Balaban J connectivity index is 0.000000232. The van der Waals surface area contributed by atoms with Gasteiger partial charge in [-0.15, -0.1) is 10.2 Å². The second kappa shape index (κ2) is 23.2. The monoisotopic (exact) mass is 1080 g/mol. The summed E-state index contributed by atoms with van der Waals surface area (Å²) in [6.07, 6.45) is 7.51. The van der Waals surface area contributed by atoms with E-state index in [1.54, 1.807) is 0 Å². The number of rotatable bonds is 12. The molecule has 0 radical (unpaired) electrons. The van der Waals surface area contributed by atoms with Crippen molar-refractivity contribution in [2.75, 3.05) is 18.8 Å². The molecule has 27 heteroatoms. The van der Waals surface area contributed by atoms with E-state index in [1.165, 1.54) is 24.5 Å². The van der Waals surface area contributed by atoms with Gasteiger partial charge in [0.05, 0.1) is 19.3 Å². The molecule has 0 bridgehead atoms. The van der Waals surface area contributed by atoms with Crippen molar-refractivity contribution in [2.45, 2.75) is 50.0 Å². The molecule has 3 N–H and O–H groups in total. The first-order chi connectivity index (χ1) is 34.4. The largest absolute Gasteiger partial charge is 0.377 e. The van der Waals surface area contributed by atoms with Crippen molar-refractivity contribution in [1.29, 1.82) is 0 Å². The molecule has 0 fully saturated rings. The van der Waals surface area contributed by atoms with Crippen LogP contribution in [0.5, 0.6) is 0 Å². The Morgan fingerprint density at radius 2 is 0.824 bits per heavy atom. The molecule has 4 heterocycles. The molecule has 0 spiro atoms. The summed E-state index contributed by atoms with van der Waals surface area (Å²) >= 11 is 0. The Hall–Kier alpha value is -7.46. The molecule has 8 aromatic rings. The molecule has 2 atom stereocenters. The van der Waals surface area contributed by atoms with Gasteiger partial charge in [0, 0.05) is 59.3 Å². The second-order valence-electron chi connectivity index (χ2n) is 16.6. The summed E-state index contributed by atoms with van der Waals surface area (Å²) in [6.45, 7) is 2.03. The number of nitrogens with zero attached hydrogens (tertiary/aromatic N) is 10. The van der Waals surface area contributed by atoms with Gasteiger partial charge in [-0.1, -0.05) is 71.8 Å². The highest BCUT2D eigenvalue weighted by molar-refractivity contribution is 7.89. The number of hydrogen-bond donors (Lipinski definition) is 3. The lowest BCUT2D eigenvalue weighted by molar-refractivity contribution is -0.207. The predicted octanol–water partition coefficient (Wildman–Crippen LogP) is 7.17. The van der Waals surface area contributed by atoms with Crippen molar-refractivity contribution in [2.24, 2.45) is 0 Å². The molecule has 392 valence electrons. The van der Waals surface area contributed by atoms with Crippen molar-refractivity contribution in [3.8, 4) is 22.3 Å². The summed E-state index contributed by atoms with van der Waals surface area (Å²) in [5.74, 6) is -12.8. The highest BCUT2D eigenvalue weighted by Crippen LogP contribution is 2.48. The second-order valence-corrected chi connectivity index (χ2v) is 20.4. The van der Waals surface area contributed by atoms with Crippen molar-refractivity contribution in [1.82, 2.24) is 50.4 Å². The minimum atomic E-state index is -4.09. The third-order valence-corrected chi connectivity index (χ3v) is 10.3. The minimum Gasteiger partial charge on any atom is -0.377 e. The molecule has 4 aromatic carbocycles. The Labute approximate surface area is 417 Å². The highest BCUT2D eigenvalue weighted by atomic mass is 32.2. The van der Waals surface area contributed by atoms with Crippen molar-refractivity contribution in [3.05, 3.63) is 191 Å². The number of halogens is 8. The molecule has 0 aliphatic heterocycles. The molecule has 74 heavy (non-hydrogen) atoms. The first-order valence-corrected chi connectivity index (χ1v) is 25.2. The molecule has 0 saturated heterocycles. The molecular weight excluding hydrogens is 1030 g/mol. The topological polar surface area (TPSA) is 242 Å². The van der Waals surface area contributed by atoms with Crippen LogP contribution in [0.15, 0.2) is 134 Å². The summed E-state index contributed by atoms with van der Waals surface area (Å²) in [6, 6.07) is 23.7. The van der Waals surface area contributed by atoms with Crippen LogP contribution >= 0.6 is 0 Å². The van der Waals surface area contributed by atoms with E-state index in [-0.39, 0.29) is 0 Å². The first-order valence-electron chi connectivity index (χ1n) is 21.1. The lowest BCUT2D eigenvalue weighted by Gasteiger charge is -2.35. The van der Waals surface area contributed by atoms with Crippen molar-refractivity contribution < 1.29 is 66.7 Å². The third-order valence-electron chi connectivity index (χ3n) is 10.3. The van der Waals surface area contributed by atoms with E-state index in [1.807, 2.05) is 62.4 Å². The van der Waals surface area contributed by atoms with Gasteiger partial charge in [-0.05, 0) is 82.2 Å². The summed E-state index contributed by atoms with van der Waals surface area (Å²) in [7, 11) is -6.33. The van der Waals surface area contributed by atoms with E-state index < -0.39 is 102 Å². The van der Waals surface area contributed by atoms with Gasteiger partial charge in [0.15, 0.2) is 11.2 Å². The van der Waals surface area contributed by atoms with Gasteiger partial charge in [0.25, 0.3) is 10.1 Å². The van der Waals surface area contributed by atoms with Gasteiger partial charge >= 0.3 is 11.8 Å². The van der Waals surface area contributed by atoms with E-state index in [0.717, 1.165) is 93.2 Å². The number of aryl methyl sites for hydroxylation is 2. The number of benzene rings is 4. The molecule has 0 amide bonds. The quantitative estimate of drug-likeness (QED) is 0.0812. The summed E-state index contributed by atoms with van der Waals surface area (Å²) in [5, 5.41) is 42.7. The lowest BCUT2D eigenvalue weighted by atomic mass is 9.84. The third kappa shape index (κ3) is 14.8. The van der Waals surface area contributed by atoms with Gasteiger partial charge in [0.2, 0.25) is 0 Å². The van der Waals surface area contributed by atoms with Crippen LogP contribution in [0.25, 0.3) is 22.3 Å². The number of alkyl halides is 4.